The van der Waals surface area contributed by atoms with E-state index in [1.807, 2.05) is 0 Å². The number of hydrogen-bond acceptors (Lipinski definition) is 4. The molecule has 0 aliphatic carbocycles. The molecular weight excluding hydrogens is 179 g/mol. The van der Waals surface area contributed by atoms with Crippen molar-refractivity contribution in [3.63, 3.8) is 0 Å². The summed E-state index contributed by atoms with van der Waals surface area (Å²) in [6.07, 6.45) is 0.956. The van der Waals surface area contributed by atoms with Crippen molar-refractivity contribution in [1.82, 2.24) is 0 Å². The molecule has 7 heteroatoms. The Morgan fingerprint density at radius 2 is 2.17 bits per heavy atom. The zero-order valence-electron chi connectivity index (χ0n) is 6.64. The fraction of sp³-hybridized carbons (Fsp3) is 0.800. The Morgan fingerprint density at radius 3 is 2.58 bits per heavy atom. The summed E-state index contributed by atoms with van der Waals surface area (Å²) in [5, 5.41) is 0. The van der Waals surface area contributed by atoms with E-state index >= 15 is 0 Å². The largest absolute Gasteiger partial charge is 0.594 e. The monoisotopic (exact) mass is 192 g/mol. The Balaban J connectivity index is 3.44. The summed E-state index contributed by atoms with van der Waals surface area (Å²) in [4.78, 5) is 13.9. The van der Waals surface area contributed by atoms with Crippen molar-refractivity contribution >= 4 is 14.0 Å². The highest BCUT2D eigenvalue weighted by molar-refractivity contribution is 7.37. The molecule has 6 N–H and O–H groups in total. The molecule has 0 radical (unpaired) electrons. The zero-order chi connectivity index (χ0) is 9.56. The molecule has 0 fully saturated rings. The van der Waals surface area contributed by atoms with Crippen molar-refractivity contribution < 1.29 is 9.46 Å². The van der Waals surface area contributed by atoms with E-state index < -0.39 is 13.8 Å². The van der Waals surface area contributed by atoms with E-state index in [1.54, 1.807) is 0 Å². The molecular formula is C5H13N4O2P. The molecule has 12 heavy (non-hydrogen) atoms. The van der Waals surface area contributed by atoms with Gasteiger partial charge < -0.3 is 16.4 Å². The molecule has 0 rings (SSSR count). The van der Waals surface area contributed by atoms with Crippen LogP contribution in [-0.4, -0.2) is 18.3 Å². The second-order valence-corrected chi connectivity index (χ2v) is 3.54. The summed E-state index contributed by atoms with van der Waals surface area (Å²) in [7, 11) is -2.53. The third-order valence-electron chi connectivity index (χ3n) is 1.22. The Hall–Kier alpha value is -0.710. The van der Waals surface area contributed by atoms with E-state index in [0.29, 0.717) is 19.4 Å². The van der Waals surface area contributed by atoms with Crippen LogP contribution >= 0.6 is 8.03 Å². The van der Waals surface area contributed by atoms with Gasteiger partial charge in [-0.1, -0.05) is 4.57 Å². The fourth-order valence-corrected chi connectivity index (χ4v) is 1.01. The van der Waals surface area contributed by atoms with Gasteiger partial charge >= 0.3 is 8.03 Å². The molecule has 0 heterocycles. The molecule has 0 bridgehead atoms. The van der Waals surface area contributed by atoms with Gasteiger partial charge in [0.1, 0.15) is 0 Å². The lowest BCUT2D eigenvalue weighted by atomic mass is 10.3. The Morgan fingerprint density at radius 1 is 1.58 bits per heavy atom. The van der Waals surface area contributed by atoms with Crippen LogP contribution in [0.3, 0.4) is 0 Å². The van der Waals surface area contributed by atoms with Crippen molar-refractivity contribution in [3.05, 3.63) is 0 Å². The fourth-order valence-electron chi connectivity index (χ4n) is 0.614. The minimum Gasteiger partial charge on any atom is -0.594 e. The van der Waals surface area contributed by atoms with Crippen molar-refractivity contribution in [2.45, 2.75) is 18.6 Å². The lowest BCUT2D eigenvalue weighted by Gasteiger charge is -2.00. The predicted octanol–water partition coefficient (Wildman–Crippen LogP) is -1.57. The molecule has 0 saturated heterocycles. The first-order valence-electron chi connectivity index (χ1n) is 3.48. The van der Waals surface area contributed by atoms with E-state index in [1.165, 1.54) is 0 Å². The number of guanidine groups is 1. The SMILES string of the molecule is NC(N)=NCCCC(N)[P+](=O)[O-]. The number of aliphatic imine (C=N–C) groups is 1. The highest BCUT2D eigenvalue weighted by Gasteiger charge is 2.13. The summed E-state index contributed by atoms with van der Waals surface area (Å²) in [6, 6.07) is 0. The summed E-state index contributed by atoms with van der Waals surface area (Å²) < 4.78 is 10.3. The third-order valence-corrected chi connectivity index (χ3v) is 2.02. The maximum absolute atomic E-state index is 10.3. The molecule has 0 aromatic carbocycles. The highest BCUT2D eigenvalue weighted by atomic mass is 31.1. The van der Waals surface area contributed by atoms with Crippen LogP contribution in [0.1, 0.15) is 12.8 Å². The lowest BCUT2D eigenvalue weighted by Crippen LogP contribution is -2.23. The van der Waals surface area contributed by atoms with Crippen LogP contribution in [0.4, 0.5) is 0 Å². The maximum Gasteiger partial charge on any atom is 0.327 e. The van der Waals surface area contributed by atoms with Crippen LogP contribution in [-0.2, 0) is 4.57 Å². The average Bonchev–Trinajstić information content (AvgIpc) is 1.97. The minimum absolute atomic E-state index is 0.00934. The zero-order valence-corrected chi connectivity index (χ0v) is 7.54. The molecule has 6 nitrogen and oxygen atoms in total. The van der Waals surface area contributed by atoms with Crippen LogP contribution in [0, 0.1) is 0 Å². The number of nitrogens with zero attached hydrogens (tertiary/aromatic N) is 1. The second kappa shape index (κ2) is 5.88. The molecule has 0 aromatic heterocycles. The Bertz CT molecular complexity index is 180. The predicted molar refractivity (Wildman–Crippen MR) is 45.5 cm³/mol. The van der Waals surface area contributed by atoms with E-state index in [9.17, 15) is 9.46 Å². The molecule has 70 valence electrons. The van der Waals surface area contributed by atoms with Gasteiger partial charge in [-0.05, 0) is 6.42 Å². The van der Waals surface area contributed by atoms with E-state index in [2.05, 4.69) is 4.99 Å². The van der Waals surface area contributed by atoms with Gasteiger partial charge in [-0.15, -0.1) is 0 Å². The Labute approximate surface area is 71.7 Å². The number of nitrogens with two attached hydrogens (primary N) is 3. The van der Waals surface area contributed by atoms with Gasteiger partial charge in [-0.3, -0.25) is 10.7 Å². The molecule has 0 aliphatic heterocycles. The van der Waals surface area contributed by atoms with Crippen LogP contribution in [0.25, 0.3) is 0 Å². The number of rotatable bonds is 5. The van der Waals surface area contributed by atoms with E-state index in [4.69, 9.17) is 17.2 Å². The maximum atomic E-state index is 10.3. The van der Waals surface area contributed by atoms with E-state index in [0.717, 1.165) is 0 Å². The molecule has 0 aromatic rings. The average molecular weight is 192 g/mol. The van der Waals surface area contributed by atoms with Gasteiger partial charge in [-0.25, -0.2) is 0 Å². The summed E-state index contributed by atoms with van der Waals surface area (Å²) in [5.74, 6) is -0.774. The van der Waals surface area contributed by atoms with E-state index in [-0.39, 0.29) is 5.96 Å². The smallest absolute Gasteiger partial charge is 0.327 e. The van der Waals surface area contributed by atoms with Gasteiger partial charge in [0.05, 0.1) is 0 Å². The van der Waals surface area contributed by atoms with Crippen molar-refractivity contribution in [1.29, 1.82) is 0 Å². The van der Waals surface area contributed by atoms with Gasteiger partial charge in [-0.2, -0.15) is 0 Å². The molecule has 0 saturated carbocycles. The van der Waals surface area contributed by atoms with Gasteiger partial charge in [0.25, 0.3) is 0 Å². The first-order chi connectivity index (χ1) is 5.54. The summed E-state index contributed by atoms with van der Waals surface area (Å²) in [5.41, 5.74) is 15.3. The number of hydrogen-bond donors (Lipinski definition) is 3. The van der Waals surface area contributed by atoms with Crippen molar-refractivity contribution in [2.24, 2.45) is 22.2 Å². The molecule has 2 unspecified atom stereocenters. The molecule has 0 amide bonds. The quantitative estimate of drug-likeness (QED) is 0.209. The second-order valence-electron chi connectivity index (χ2n) is 2.30. The molecule has 0 aliphatic rings. The van der Waals surface area contributed by atoms with Crippen molar-refractivity contribution in [3.8, 4) is 0 Å². The van der Waals surface area contributed by atoms with Crippen LogP contribution in [0.2, 0.25) is 0 Å². The summed E-state index contributed by atoms with van der Waals surface area (Å²) >= 11 is 0. The van der Waals surface area contributed by atoms with Gasteiger partial charge in [0.15, 0.2) is 5.96 Å². The third kappa shape index (κ3) is 6.03. The first kappa shape index (κ1) is 11.3. The Kier molecular flexibility index (Phi) is 5.53. The molecule has 0 spiro atoms. The van der Waals surface area contributed by atoms with Gasteiger partial charge in [0.2, 0.25) is 5.78 Å². The van der Waals surface area contributed by atoms with Crippen LogP contribution in [0.5, 0.6) is 0 Å². The van der Waals surface area contributed by atoms with Crippen molar-refractivity contribution in [2.75, 3.05) is 6.54 Å². The van der Waals surface area contributed by atoms with Crippen LogP contribution in [0.15, 0.2) is 4.99 Å². The minimum atomic E-state index is -2.53. The van der Waals surface area contributed by atoms with Gasteiger partial charge in [0, 0.05) is 13.0 Å². The molecule has 2 atom stereocenters. The van der Waals surface area contributed by atoms with Crippen LogP contribution < -0.4 is 22.1 Å². The summed E-state index contributed by atoms with van der Waals surface area (Å²) in [6.45, 7) is 0.416. The normalized spacial score (nSPS) is 13.7. The highest BCUT2D eigenvalue weighted by Crippen LogP contribution is 2.16. The first-order valence-corrected chi connectivity index (χ1v) is 4.73. The lowest BCUT2D eigenvalue weighted by molar-refractivity contribution is -0.166. The standard InChI is InChI=1S/C5H13N4O2P/c6-4(12(10)11)2-1-3-9-5(7)8/h4H,1-3,6H2,(H4,7,8,9). The topological polar surface area (TPSA) is 131 Å².